The lowest BCUT2D eigenvalue weighted by Gasteiger charge is -2.21. The summed E-state index contributed by atoms with van der Waals surface area (Å²) in [6.45, 7) is 6.23. The number of hydrogen-bond donors (Lipinski definition) is 2. The summed E-state index contributed by atoms with van der Waals surface area (Å²) in [5, 5.41) is 6.69. The molecule has 146 valence electrons. The molecule has 0 unspecified atom stereocenters. The van der Waals surface area contributed by atoms with Crippen LogP contribution in [-0.2, 0) is 0 Å². The van der Waals surface area contributed by atoms with Crippen LogP contribution >= 0.6 is 0 Å². The van der Waals surface area contributed by atoms with E-state index in [0.29, 0.717) is 23.3 Å². The molecule has 0 spiro atoms. The van der Waals surface area contributed by atoms with Gasteiger partial charge in [-0.15, -0.1) is 0 Å². The zero-order valence-corrected chi connectivity index (χ0v) is 16.9. The van der Waals surface area contributed by atoms with Crippen molar-refractivity contribution in [1.82, 2.24) is 9.97 Å². The van der Waals surface area contributed by atoms with Crippen molar-refractivity contribution in [2.24, 2.45) is 0 Å². The van der Waals surface area contributed by atoms with E-state index in [1.54, 1.807) is 14.2 Å². The second-order valence-electron chi connectivity index (χ2n) is 7.40. The minimum atomic E-state index is -0.157. The lowest BCUT2D eigenvalue weighted by Crippen LogP contribution is -2.27. The average Bonchev–Trinajstić information content (AvgIpc) is 2.67. The Kier molecular flexibility index (Phi) is 5.68. The van der Waals surface area contributed by atoms with Crippen LogP contribution in [0.5, 0.6) is 11.5 Å². The molecule has 0 aliphatic rings. The maximum absolute atomic E-state index is 5.39. The Morgan fingerprint density at radius 2 is 1.54 bits per heavy atom. The summed E-state index contributed by atoms with van der Waals surface area (Å²) in [4.78, 5) is 9.32. The lowest BCUT2D eigenvalue weighted by molar-refractivity contribution is 0.355. The van der Waals surface area contributed by atoms with Gasteiger partial charge < -0.3 is 20.1 Å². The highest BCUT2D eigenvalue weighted by molar-refractivity contribution is 5.68. The highest BCUT2D eigenvalue weighted by Gasteiger charge is 2.14. The molecule has 0 fully saturated rings. The lowest BCUT2D eigenvalue weighted by atomic mass is 10.1. The smallest absolute Gasteiger partial charge is 0.225 e. The van der Waals surface area contributed by atoms with Gasteiger partial charge in [0.05, 0.1) is 19.9 Å². The van der Waals surface area contributed by atoms with Crippen molar-refractivity contribution >= 4 is 17.5 Å². The normalized spacial score (nSPS) is 11.0. The molecule has 6 nitrogen and oxygen atoms in total. The Hall–Kier alpha value is -3.28. The van der Waals surface area contributed by atoms with E-state index in [2.05, 4.69) is 41.4 Å². The van der Waals surface area contributed by atoms with Crippen LogP contribution in [0, 0.1) is 0 Å². The van der Waals surface area contributed by atoms with Crippen LogP contribution in [0.2, 0.25) is 0 Å². The predicted molar refractivity (Wildman–Crippen MR) is 114 cm³/mol. The molecule has 3 rings (SSSR count). The van der Waals surface area contributed by atoms with E-state index in [9.17, 15) is 0 Å². The Labute approximate surface area is 166 Å². The van der Waals surface area contributed by atoms with Crippen LogP contribution in [0.1, 0.15) is 20.8 Å². The van der Waals surface area contributed by atoms with Crippen molar-refractivity contribution < 1.29 is 9.47 Å². The van der Waals surface area contributed by atoms with E-state index >= 15 is 0 Å². The SMILES string of the molecule is COc1ccc(Nc2cc(-c3ccccc3)nc(NC(C)(C)C)n2)cc1OC. The zero-order valence-electron chi connectivity index (χ0n) is 16.9. The molecule has 0 amide bonds. The molecular weight excluding hydrogens is 352 g/mol. The fraction of sp³-hybridized carbons (Fsp3) is 0.273. The van der Waals surface area contributed by atoms with Crippen LogP contribution in [0.3, 0.4) is 0 Å². The van der Waals surface area contributed by atoms with Gasteiger partial charge in [-0.05, 0) is 32.9 Å². The van der Waals surface area contributed by atoms with Gasteiger partial charge in [0.25, 0.3) is 0 Å². The number of ether oxygens (including phenoxy) is 2. The molecule has 2 N–H and O–H groups in total. The van der Waals surface area contributed by atoms with Crippen LogP contribution in [0.25, 0.3) is 11.3 Å². The summed E-state index contributed by atoms with van der Waals surface area (Å²) in [7, 11) is 3.23. The van der Waals surface area contributed by atoms with E-state index < -0.39 is 0 Å². The number of aromatic nitrogens is 2. The fourth-order valence-electron chi connectivity index (χ4n) is 2.72. The molecule has 0 aliphatic heterocycles. The first-order chi connectivity index (χ1) is 13.4. The largest absolute Gasteiger partial charge is 0.493 e. The molecule has 0 aliphatic carbocycles. The van der Waals surface area contributed by atoms with Gasteiger partial charge in [0, 0.05) is 28.9 Å². The Morgan fingerprint density at radius 3 is 2.18 bits per heavy atom. The van der Waals surface area contributed by atoms with Crippen molar-refractivity contribution in [2.75, 3.05) is 24.9 Å². The fourth-order valence-corrected chi connectivity index (χ4v) is 2.72. The maximum atomic E-state index is 5.39. The summed E-state index contributed by atoms with van der Waals surface area (Å²) in [6, 6.07) is 17.6. The topological polar surface area (TPSA) is 68.3 Å². The second-order valence-corrected chi connectivity index (χ2v) is 7.40. The van der Waals surface area contributed by atoms with Gasteiger partial charge in [-0.2, -0.15) is 4.98 Å². The molecule has 0 saturated carbocycles. The first-order valence-corrected chi connectivity index (χ1v) is 9.10. The Balaban J connectivity index is 1.98. The van der Waals surface area contributed by atoms with E-state index in [-0.39, 0.29) is 5.54 Å². The van der Waals surface area contributed by atoms with E-state index in [0.717, 1.165) is 16.9 Å². The van der Waals surface area contributed by atoms with Crippen molar-refractivity contribution in [1.29, 1.82) is 0 Å². The minimum absolute atomic E-state index is 0.157. The minimum Gasteiger partial charge on any atom is -0.493 e. The van der Waals surface area contributed by atoms with E-state index in [1.807, 2.05) is 54.6 Å². The molecule has 1 aromatic heterocycles. The summed E-state index contributed by atoms with van der Waals surface area (Å²) in [5.41, 5.74) is 2.55. The highest BCUT2D eigenvalue weighted by Crippen LogP contribution is 2.31. The number of nitrogens with one attached hydrogen (secondary N) is 2. The molecule has 1 heterocycles. The number of benzene rings is 2. The van der Waals surface area contributed by atoms with Crippen molar-refractivity contribution in [3.05, 3.63) is 54.6 Å². The highest BCUT2D eigenvalue weighted by atomic mass is 16.5. The number of nitrogens with zero attached hydrogens (tertiary/aromatic N) is 2. The molecule has 0 saturated heterocycles. The van der Waals surface area contributed by atoms with Crippen LogP contribution < -0.4 is 20.1 Å². The summed E-state index contributed by atoms with van der Waals surface area (Å²) in [5.74, 6) is 2.58. The van der Waals surface area contributed by atoms with Gasteiger partial charge >= 0.3 is 0 Å². The van der Waals surface area contributed by atoms with E-state index in [1.165, 1.54) is 0 Å². The van der Waals surface area contributed by atoms with Crippen LogP contribution in [-0.4, -0.2) is 29.7 Å². The standard InChI is InChI=1S/C22H26N4O2/c1-22(2,3)26-21-24-17(15-9-7-6-8-10-15)14-20(25-21)23-16-11-12-18(27-4)19(13-16)28-5/h6-14H,1-5H3,(H2,23,24,25,26). The molecule has 0 radical (unpaired) electrons. The van der Waals surface area contributed by atoms with Gasteiger partial charge in [0.2, 0.25) is 5.95 Å². The molecule has 0 atom stereocenters. The summed E-state index contributed by atoms with van der Waals surface area (Å²) < 4.78 is 10.7. The molecule has 2 aromatic carbocycles. The number of anilines is 3. The van der Waals surface area contributed by atoms with Crippen LogP contribution in [0.15, 0.2) is 54.6 Å². The quantitative estimate of drug-likeness (QED) is 0.621. The second kappa shape index (κ2) is 8.17. The summed E-state index contributed by atoms with van der Waals surface area (Å²) >= 11 is 0. The van der Waals surface area contributed by atoms with Crippen molar-refractivity contribution in [2.45, 2.75) is 26.3 Å². The Morgan fingerprint density at radius 1 is 0.821 bits per heavy atom. The number of rotatable bonds is 6. The van der Waals surface area contributed by atoms with Crippen LogP contribution in [0.4, 0.5) is 17.5 Å². The monoisotopic (exact) mass is 378 g/mol. The maximum Gasteiger partial charge on any atom is 0.225 e. The van der Waals surface area contributed by atoms with Gasteiger partial charge in [-0.3, -0.25) is 0 Å². The van der Waals surface area contributed by atoms with Gasteiger partial charge in [0.1, 0.15) is 5.82 Å². The zero-order chi connectivity index (χ0) is 20.1. The summed E-state index contributed by atoms with van der Waals surface area (Å²) in [6.07, 6.45) is 0. The average molecular weight is 378 g/mol. The Bertz CT molecular complexity index is 937. The number of hydrogen-bond acceptors (Lipinski definition) is 6. The molecule has 3 aromatic rings. The third-order valence-electron chi connectivity index (χ3n) is 3.94. The third kappa shape index (κ3) is 4.91. The first kappa shape index (κ1) is 19.5. The van der Waals surface area contributed by atoms with Crippen molar-refractivity contribution in [3.8, 4) is 22.8 Å². The van der Waals surface area contributed by atoms with Gasteiger partial charge in [-0.1, -0.05) is 30.3 Å². The molecule has 0 bridgehead atoms. The van der Waals surface area contributed by atoms with Gasteiger partial charge in [-0.25, -0.2) is 4.98 Å². The molecule has 6 heteroatoms. The van der Waals surface area contributed by atoms with E-state index in [4.69, 9.17) is 9.47 Å². The molecule has 28 heavy (non-hydrogen) atoms. The third-order valence-corrected chi connectivity index (χ3v) is 3.94. The predicted octanol–water partition coefficient (Wildman–Crippen LogP) is 5.11. The number of methoxy groups -OCH3 is 2. The molecular formula is C22H26N4O2. The van der Waals surface area contributed by atoms with Gasteiger partial charge in [0.15, 0.2) is 11.5 Å². The van der Waals surface area contributed by atoms with Crippen molar-refractivity contribution in [3.63, 3.8) is 0 Å². The first-order valence-electron chi connectivity index (χ1n) is 9.10.